The maximum atomic E-state index is 10.0. The Hall–Kier alpha value is -0.850. The summed E-state index contributed by atoms with van der Waals surface area (Å²) in [6, 6.07) is 0. The fraction of sp³-hybridized carbons (Fsp3) is 0.667. The van der Waals surface area contributed by atoms with Gasteiger partial charge in [0.2, 0.25) is 0 Å². The van der Waals surface area contributed by atoms with Crippen LogP contribution >= 0.6 is 0 Å². The van der Waals surface area contributed by atoms with Crippen LogP contribution in [0.2, 0.25) is 0 Å². The van der Waals surface area contributed by atoms with Gasteiger partial charge in [0, 0.05) is 6.42 Å². The highest BCUT2D eigenvalue weighted by molar-refractivity contribution is 5.51. The molecule has 0 heterocycles. The smallest absolute Gasteiger partial charge is 0.123 e. The topological polar surface area (TPSA) is 17.1 Å². The van der Waals surface area contributed by atoms with E-state index in [0.717, 1.165) is 12.7 Å². The molecule has 0 rings (SSSR count). The SMILES string of the molecule is CCCCCCCC/C=C/C/C=C/CC=O. The van der Waals surface area contributed by atoms with Crippen molar-refractivity contribution in [1.29, 1.82) is 0 Å². The van der Waals surface area contributed by atoms with Gasteiger partial charge in [0.15, 0.2) is 0 Å². The maximum absolute atomic E-state index is 10.0. The Kier molecular flexibility index (Phi) is 13.4. The third-order valence-electron chi connectivity index (χ3n) is 2.56. The van der Waals surface area contributed by atoms with Crippen molar-refractivity contribution in [3.8, 4) is 0 Å². The molecule has 16 heavy (non-hydrogen) atoms. The van der Waals surface area contributed by atoms with Crippen LogP contribution in [0.15, 0.2) is 24.3 Å². The lowest BCUT2D eigenvalue weighted by atomic mass is 10.1. The zero-order valence-electron chi connectivity index (χ0n) is 10.7. The molecule has 0 unspecified atom stereocenters. The van der Waals surface area contributed by atoms with Gasteiger partial charge < -0.3 is 4.79 Å². The molecule has 0 N–H and O–H groups in total. The summed E-state index contributed by atoms with van der Waals surface area (Å²) in [5.41, 5.74) is 0. The molecule has 0 radical (unpaired) electrons. The Morgan fingerprint density at radius 3 is 2.12 bits per heavy atom. The number of rotatable bonds is 11. The van der Waals surface area contributed by atoms with Crippen molar-refractivity contribution in [1.82, 2.24) is 0 Å². The summed E-state index contributed by atoms with van der Waals surface area (Å²) in [6.45, 7) is 2.25. The van der Waals surface area contributed by atoms with E-state index in [0.29, 0.717) is 6.42 Å². The third-order valence-corrected chi connectivity index (χ3v) is 2.56. The van der Waals surface area contributed by atoms with Crippen LogP contribution < -0.4 is 0 Å². The third kappa shape index (κ3) is 13.2. The molecule has 0 atom stereocenters. The van der Waals surface area contributed by atoms with Crippen LogP contribution in [0, 0.1) is 0 Å². The molecule has 0 aliphatic rings. The van der Waals surface area contributed by atoms with Crippen molar-refractivity contribution in [2.24, 2.45) is 0 Å². The molecule has 0 aliphatic carbocycles. The fourth-order valence-electron chi connectivity index (χ4n) is 1.58. The number of aldehydes is 1. The highest BCUT2D eigenvalue weighted by atomic mass is 16.1. The zero-order chi connectivity index (χ0) is 11.9. The molecule has 1 nitrogen and oxygen atoms in total. The zero-order valence-corrected chi connectivity index (χ0v) is 10.7. The Balaban J connectivity index is 3.12. The first-order valence-corrected chi connectivity index (χ1v) is 6.65. The molecule has 92 valence electrons. The van der Waals surface area contributed by atoms with Crippen molar-refractivity contribution >= 4 is 6.29 Å². The minimum atomic E-state index is 0.547. The van der Waals surface area contributed by atoms with Gasteiger partial charge >= 0.3 is 0 Å². The summed E-state index contributed by atoms with van der Waals surface area (Å²) in [5, 5.41) is 0. The molecular formula is C15H26O. The van der Waals surface area contributed by atoms with Gasteiger partial charge in [0.25, 0.3) is 0 Å². The predicted octanol–water partition coefficient (Wildman–Crippen LogP) is 4.83. The summed E-state index contributed by atoms with van der Waals surface area (Å²) >= 11 is 0. The van der Waals surface area contributed by atoms with Crippen LogP contribution in [-0.4, -0.2) is 6.29 Å². The molecule has 0 aromatic carbocycles. The molecular weight excluding hydrogens is 196 g/mol. The number of carbonyl (C=O) groups is 1. The molecule has 0 saturated heterocycles. The normalized spacial score (nSPS) is 11.6. The number of carbonyl (C=O) groups excluding carboxylic acids is 1. The van der Waals surface area contributed by atoms with Gasteiger partial charge in [-0.2, -0.15) is 0 Å². The number of hydrogen-bond acceptors (Lipinski definition) is 1. The van der Waals surface area contributed by atoms with Crippen molar-refractivity contribution in [3.63, 3.8) is 0 Å². The Morgan fingerprint density at radius 2 is 1.38 bits per heavy atom. The number of hydrogen-bond donors (Lipinski definition) is 0. The van der Waals surface area contributed by atoms with E-state index in [1.165, 1.54) is 44.9 Å². The quantitative estimate of drug-likeness (QED) is 0.278. The van der Waals surface area contributed by atoms with Gasteiger partial charge in [-0.05, 0) is 19.3 Å². The molecule has 0 aromatic heterocycles. The van der Waals surface area contributed by atoms with Crippen LogP contribution in [0.5, 0.6) is 0 Å². The van der Waals surface area contributed by atoms with Crippen LogP contribution in [0.25, 0.3) is 0 Å². The Bertz CT molecular complexity index is 192. The minimum absolute atomic E-state index is 0.547. The second kappa shape index (κ2) is 14.2. The van der Waals surface area contributed by atoms with Crippen molar-refractivity contribution < 1.29 is 4.79 Å². The standard InChI is InChI=1S/C15H26O/c1-2-3-4-5-6-7-8-9-10-11-12-13-14-15-16/h9-10,12-13,15H,2-8,11,14H2,1H3/b10-9+,13-12+. The van der Waals surface area contributed by atoms with Crippen LogP contribution in [0.1, 0.15) is 64.7 Å². The second-order valence-electron chi connectivity index (χ2n) is 4.14. The average Bonchev–Trinajstić information content (AvgIpc) is 2.31. The van der Waals surface area contributed by atoms with E-state index in [-0.39, 0.29) is 0 Å². The van der Waals surface area contributed by atoms with Crippen LogP contribution in [-0.2, 0) is 4.79 Å². The first-order chi connectivity index (χ1) is 7.91. The molecule has 0 bridgehead atoms. The molecule has 1 heteroatoms. The van der Waals surface area contributed by atoms with Gasteiger partial charge in [-0.3, -0.25) is 0 Å². The summed E-state index contributed by atoms with van der Waals surface area (Å²) in [6.07, 6.45) is 20.2. The van der Waals surface area contributed by atoms with E-state index >= 15 is 0 Å². The van der Waals surface area contributed by atoms with Crippen LogP contribution in [0.3, 0.4) is 0 Å². The highest BCUT2D eigenvalue weighted by Gasteiger charge is 1.87. The lowest BCUT2D eigenvalue weighted by molar-refractivity contribution is -0.107. The predicted molar refractivity (Wildman–Crippen MR) is 71.6 cm³/mol. The average molecular weight is 222 g/mol. The van der Waals surface area contributed by atoms with Crippen molar-refractivity contribution in [2.45, 2.75) is 64.7 Å². The lowest BCUT2D eigenvalue weighted by Gasteiger charge is -1.97. The second-order valence-corrected chi connectivity index (χ2v) is 4.14. The van der Waals surface area contributed by atoms with Gasteiger partial charge in [-0.1, -0.05) is 63.3 Å². The van der Waals surface area contributed by atoms with Crippen LogP contribution in [0.4, 0.5) is 0 Å². The highest BCUT2D eigenvalue weighted by Crippen LogP contribution is 2.07. The van der Waals surface area contributed by atoms with Gasteiger partial charge in [0.05, 0.1) is 0 Å². The molecule has 0 spiro atoms. The summed E-state index contributed by atoms with van der Waals surface area (Å²) in [7, 11) is 0. The van der Waals surface area contributed by atoms with E-state index in [4.69, 9.17) is 0 Å². The summed E-state index contributed by atoms with van der Waals surface area (Å²) in [4.78, 5) is 10.0. The largest absolute Gasteiger partial charge is 0.303 e. The fourth-order valence-corrected chi connectivity index (χ4v) is 1.58. The van der Waals surface area contributed by atoms with Gasteiger partial charge in [-0.25, -0.2) is 0 Å². The molecule has 0 aromatic rings. The first-order valence-electron chi connectivity index (χ1n) is 6.65. The summed E-state index contributed by atoms with van der Waals surface area (Å²) in [5.74, 6) is 0. The Labute approximate surface area is 101 Å². The van der Waals surface area contributed by atoms with E-state index in [1.807, 2.05) is 12.2 Å². The first kappa shape index (κ1) is 15.2. The lowest BCUT2D eigenvalue weighted by Crippen LogP contribution is -1.77. The molecule has 0 fully saturated rings. The van der Waals surface area contributed by atoms with Gasteiger partial charge in [0.1, 0.15) is 6.29 Å². The number of allylic oxidation sites excluding steroid dienone is 4. The van der Waals surface area contributed by atoms with Gasteiger partial charge in [-0.15, -0.1) is 0 Å². The molecule has 0 amide bonds. The molecule has 0 saturated carbocycles. The van der Waals surface area contributed by atoms with E-state index in [9.17, 15) is 4.79 Å². The van der Waals surface area contributed by atoms with Crippen molar-refractivity contribution in [2.75, 3.05) is 0 Å². The van der Waals surface area contributed by atoms with Crippen molar-refractivity contribution in [3.05, 3.63) is 24.3 Å². The van der Waals surface area contributed by atoms with E-state index in [2.05, 4.69) is 19.1 Å². The maximum Gasteiger partial charge on any atom is 0.123 e. The number of unbranched alkanes of at least 4 members (excludes halogenated alkanes) is 6. The Morgan fingerprint density at radius 1 is 0.750 bits per heavy atom. The van der Waals surface area contributed by atoms with E-state index in [1.54, 1.807) is 0 Å². The minimum Gasteiger partial charge on any atom is -0.303 e. The molecule has 0 aliphatic heterocycles. The van der Waals surface area contributed by atoms with E-state index < -0.39 is 0 Å². The summed E-state index contributed by atoms with van der Waals surface area (Å²) < 4.78 is 0. The monoisotopic (exact) mass is 222 g/mol.